The molecule has 3 rings (SSSR count). The van der Waals surface area contributed by atoms with Crippen LogP contribution < -0.4 is 0 Å². The van der Waals surface area contributed by atoms with Crippen LogP contribution in [-0.2, 0) is 33.4 Å². The van der Waals surface area contributed by atoms with Crippen molar-refractivity contribution in [1.82, 2.24) is 0 Å². The normalized spacial score (nSPS) is 37.1. The van der Waals surface area contributed by atoms with Crippen LogP contribution in [0, 0.1) is 10.8 Å². The lowest BCUT2D eigenvalue weighted by molar-refractivity contribution is -0.182. The summed E-state index contributed by atoms with van der Waals surface area (Å²) in [7, 11) is 0. The van der Waals surface area contributed by atoms with Crippen molar-refractivity contribution < 1.29 is 33.4 Å². The second-order valence-electron chi connectivity index (χ2n) is 8.25. The number of ether oxygens (including phenoxy) is 3. The molecule has 0 bridgehead atoms. The summed E-state index contributed by atoms with van der Waals surface area (Å²) in [5.74, 6) is -1.90. The Morgan fingerprint density at radius 3 is 2.11 bits per heavy atom. The molecule has 1 saturated heterocycles. The van der Waals surface area contributed by atoms with Crippen LogP contribution in [0.25, 0.3) is 0 Å². The van der Waals surface area contributed by atoms with E-state index in [4.69, 9.17) is 14.2 Å². The Bertz CT molecular complexity index is 716. The van der Waals surface area contributed by atoms with Gasteiger partial charge in [-0.25, -0.2) is 0 Å². The van der Waals surface area contributed by atoms with E-state index in [0.717, 1.165) is 6.42 Å². The number of carbonyl (C=O) groups is 4. The molecule has 27 heavy (non-hydrogen) atoms. The maximum Gasteiger partial charge on any atom is 0.325 e. The van der Waals surface area contributed by atoms with Gasteiger partial charge >= 0.3 is 11.9 Å². The van der Waals surface area contributed by atoms with Gasteiger partial charge < -0.3 is 23.8 Å². The summed E-state index contributed by atoms with van der Waals surface area (Å²) in [5.41, 5.74) is -5.11. The Balaban J connectivity index is 1.90. The van der Waals surface area contributed by atoms with E-state index in [9.17, 15) is 19.2 Å². The maximum atomic E-state index is 13.0. The van der Waals surface area contributed by atoms with Crippen molar-refractivity contribution in [2.45, 2.75) is 63.9 Å². The molecule has 1 saturated carbocycles. The van der Waals surface area contributed by atoms with E-state index in [-0.39, 0.29) is 18.5 Å². The van der Waals surface area contributed by atoms with Crippen LogP contribution in [0.5, 0.6) is 0 Å². The van der Waals surface area contributed by atoms with Gasteiger partial charge in [0.05, 0.1) is 12.2 Å². The third-order valence-corrected chi connectivity index (χ3v) is 5.19. The molecule has 0 aromatic heterocycles. The zero-order chi connectivity index (χ0) is 19.9. The molecule has 5 unspecified atom stereocenters. The predicted molar refractivity (Wildman–Crippen MR) is 93.5 cm³/mol. The number of aldehydes is 2. The summed E-state index contributed by atoms with van der Waals surface area (Å²) in [4.78, 5) is 50.1. The Hall–Kier alpha value is -2.28. The number of esters is 2. The number of hydrogen-bond acceptors (Lipinski definition) is 7. The smallest absolute Gasteiger partial charge is 0.325 e. The largest absolute Gasteiger partial charge is 0.461 e. The highest BCUT2D eigenvalue weighted by atomic mass is 16.6. The van der Waals surface area contributed by atoms with Gasteiger partial charge in [-0.2, -0.15) is 0 Å². The highest BCUT2D eigenvalue weighted by Gasteiger charge is 2.63. The van der Waals surface area contributed by atoms with E-state index in [1.807, 2.05) is 0 Å². The van der Waals surface area contributed by atoms with Gasteiger partial charge in [0.25, 0.3) is 0 Å². The van der Waals surface area contributed by atoms with E-state index in [1.165, 1.54) is 24.3 Å². The number of fused-ring (bicyclic) bond motifs is 1. The van der Waals surface area contributed by atoms with Crippen LogP contribution in [0.4, 0.5) is 0 Å². The first-order chi connectivity index (χ1) is 12.7. The lowest BCUT2D eigenvalue weighted by Gasteiger charge is -2.39. The second-order valence-corrected chi connectivity index (χ2v) is 8.25. The monoisotopic (exact) mass is 376 g/mol. The molecule has 2 fully saturated rings. The summed E-state index contributed by atoms with van der Waals surface area (Å²) < 4.78 is 16.3. The van der Waals surface area contributed by atoms with Crippen LogP contribution >= 0.6 is 0 Å². The van der Waals surface area contributed by atoms with Gasteiger partial charge in [0, 0.05) is 6.42 Å². The Morgan fingerprint density at radius 2 is 1.59 bits per heavy atom. The third kappa shape index (κ3) is 3.36. The fraction of sp³-hybridized carbons (Fsp3) is 0.600. The molecule has 0 N–H and O–H groups in total. The highest BCUT2D eigenvalue weighted by molar-refractivity contribution is 6.11. The van der Waals surface area contributed by atoms with Crippen molar-refractivity contribution in [2.24, 2.45) is 10.8 Å². The first kappa shape index (κ1) is 19.5. The molecule has 1 aliphatic heterocycles. The fourth-order valence-corrected chi connectivity index (χ4v) is 3.62. The molecule has 0 aromatic carbocycles. The standard InChI is InChI=1S/C20H24O7/c1-18(2,3)27-17(24)20(12-22)9-5-4-8-19(20,11-21)16(23)25-13-6-7-14-15(10-13)26-14/h4-5,8-9,11-15H,6-7,10H2,1-3H3. The molecule has 7 heteroatoms. The average Bonchev–Trinajstić information content (AvgIpc) is 3.38. The van der Waals surface area contributed by atoms with Crippen LogP contribution in [0.1, 0.15) is 40.0 Å². The molecule has 5 atom stereocenters. The quantitative estimate of drug-likeness (QED) is 0.311. The minimum atomic E-state index is -2.11. The summed E-state index contributed by atoms with van der Waals surface area (Å²) in [6, 6.07) is 0. The lowest BCUT2D eigenvalue weighted by Crippen LogP contribution is -2.56. The van der Waals surface area contributed by atoms with Gasteiger partial charge in [-0.1, -0.05) is 24.3 Å². The Labute approximate surface area is 157 Å². The summed E-state index contributed by atoms with van der Waals surface area (Å²) in [6.07, 6.45) is 7.76. The van der Waals surface area contributed by atoms with Crippen LogP contribution in [-0.4, -0.2) is 48.4 Å². The molecule has 0 amide bonds. The van der Waals surface area contributed by atoms with Gasteiger partial charge in [-0.15, -0.1) is 0 Å². The molecule has 7 nitrogen and oxygen atoms in total. The second kappa shape index (κ2) is 6.71. The van der Waals surface area contributed by atoms with Crippen LogP contribution in [0.15, 0.2) is 24.3 Å². The van der Waals surface area contributed by atoms with Gasteiger partial charge in [-0.3, -0.25) is 9.59 Å². The van der Waals surface area contributed by atoms with Crippen molar-refractivity contribution in [2.75, 3.05) is 0 Å². The number of rotatable bonds is 5. The van der Waals surface area contributed by atoms with Crippen molar-refractivity contribution in [3.05, 3.63) is 24.3 Å². The van der Waals surface area contributed by atoms with Crippen molar-refractivity contribution >= 4 is 24.5 Å². The molecular weight excluding hydrogens is 352 g/mol. The zero-order valence-corrected chi connectivity index (χ0v) is 15.7. The Kier molecular flexibility index (Phi) is 4.84. The number of epoxide rings is 1. The van der Waals surface area contributed by atoms with Gasteiger partial charge in [0.2, 0.25) is 0 Å². The summed E-state index contributed by atoms with van der Waals surface area (Å²) in [6.45, 7) is 4.92. The van der Waals surface area contributed by atoms with Crippen molar-refractivity contribution in [3.8, 4) is 0 Å². The highest BCUT2D eigenvalue weighted by Crippen LogP contribution is 2.46. The first-order valence-electron chi connectivity index (χ1n) is 9.07. The number of allylic oxidation sites excluding steroid dienone is 2. The average molecular weight is 376 g/mol. The minimum absolute atomic E-state index is 0.0761. The topological polar surface area (TPSA) is 99.3 Å². The minimum Gasteiger partial charge on any atom is -0.461 e. The molecule has 146 valence electrons. The van der Waals surface area contributed by atoms with E-state index in [2.05, 4.69) is 0 Å². The summed E-state index contributed by atoms with van der Waals surface area (Å²) >= 11 is 0. The molecule has 3 aliphatic rings. The van der Waals surface area contributed by atoms with Gasteiger partial charge in [0.1, 0.15) is 24.3 Å². The first-order valence-corrected chi connectivity index (χ1v) is 9.07. The van der Waals surface area contributed by atoms with E-state index >= 15 is 0 Å². The maximum absolute atomic E-state index is 13.0. The number of carbonyl (C=O) groups excluding carboxylic acids is 4. The number of hydrogen-bond donors (Lipinski definition) is 0. The van der Waals surface area contributed by atoms with Crippen LogP contribution in [0.3, 0.4) is 0 Å². The van der Waals surface area contributed by atoms with Gasteiger partial charge in [-0.05, 0) is 33.6 Å². The van der Waals surface area contributed by atoms with Crippen molar-refractivity contribution in [1.29, 1.82) is 0 Å². The van der Waals surface area contributed by atoms with Crippen LogP contribution in [0.2, 0.25) is 0 Å². The molecule has 0 aromatic rings. The van der Waals surface area contributed by atoms with E-state index < -0.39 is 34.5 Å². The predicted octanol–water partition coefficient (Wildman–Crippen LogP) is 1.69. The van der Waals surface area contributed by atoms with Crippen molar-refractivity contribution in [3.63, 3.8) is 0 Å². The molecule has 2 aliphatic carbocycles. The third-order valence-electron chi connectivity index (χ3n) is 5.19. The van der Waals surface area contributed by atoms with Gasteiger partial charge in [0.15, 0.2) is 10.8 Å². The SMILES string of the molecule is CC(C)(C)OC(=O)C1(C=O)C=CC=CC1(C=O)C(=O)OC1CCC2OC2C1. The zero-order valence-electron chi connectivity index (χ0n) is 15.7. The molecule has 0 radical (unpaired) electrons. The lowest BCUT2D eigenvalue weighted by atomic mass is 9.62. The Morgan fingerprint density at radius 1 is 1.00 bits per heavy atom. The molecular formula is C20H24O7. The summed E-state index contributed by atoms with van der Waals surface area (Å²) in [5, 5.41) is 0. The van der Waals surface area contributed by atoms with E-state index in [0.29, 0.717) is 19.1 Å². The fourth-order valence-electron chi connectivity index (χ4n) is 3.62. The van der Waals surface area contributed by atoms with E-state index in [1.54, 1.807) is 20.8 Å². The molecule has 0 spiro atoms. The molecule has 1 heterocycles.